The number of sulfone groups is 1. The molecule has 0 atom stereocenters. The van der Waals surface area contributed by atoms with Crippen LogP contribution >= 0.6 is 0 Å². The van der Waals surface area contributed by atoms with E-state index < -0.39 is 9.84 Å². The van der Waals surface area contributed by atoms with Crippen LogP contribution in [0.25, 0.3) is 0 Å². The lowest BCUT2D eigenvalue weighted by molar-refractivity contribution is 0.337. The first-order valence-corrected chi connectivity index (χ1v) is 7.97. The van der Waals surface area contributed by atoms with Gasteiger partial charge < -0.3 is 10.5 Å². The second-order valence-corrected chi connectivity index (χ2v) is 6.40. The molecule has 2 aromatic rings. The monoisotopic (exact) mass is 291 g/mol. The minimum atomic E-state index is -3.31. The Hall–Kier alpha value is -1.85. The third-order valence-corrected chi connectivity index (χ3v) is 4.60. The average Bonchev–Trinajstić information content (AvgIpc) is 2.48. The molecule has 0 unspecified atom stereocenters. The molecule has 5 heteroatoms. The van der Waals surface area contributed by atoms with E-state index in [0.29, 0.717) is 17.2 Å². The van der Waals surface area contributed by atoms with Crippen molar-refractivity contribution in [3.8, 4) is 5.75 Å². The van der Waals surface area contributed by atoms with Gasteiger partial charge in [0.2, 0.25) is 0 Å². The van der Waals surface area contributed by atoms with Crippen LogP contribution in [0.1, 0.15) is 5.56 Å². The molecule has 0 aromatic heterocycles. The molecule has 0 saturated carbocycles. The van der Waals surface area contributed by atoms with Gasteiger partial charge in [-0.15, -0.1) is 0 Å². The summed E-state index contributed by atoms with van der Waals surface area (Å²) in [5, 5.41) is 0. The van der Waals surface area contributed by atoms with Gasteiger partial charge in [0.1, 0.15) is 12.4 Å². The minimum Gasteiger partial charge on any atom is -0.492 e. The van der Waals surface area contributed by atoms with E-state index >= 15 is 0 Å². The van der Waals surface area contributed by atoms with Crippen molar-refractivity contribution in [2.75, 3.05) is 12.4 Å². The Balaban J connectivity index is 1.99. The van der Waals surface area contributed by atoms with Gasteiger partial charge in [-0.05, 0) is 18.2 Å². The van der Waals surface area contributed by atoms with Gasteiger partial charge in [-0.1, -0.05) is 36.4 Å². The molecule has 0 radical (unpaired) electrons. The van der Waals surface area contributed by atoms with Crippen molar-refractivity contribution in [1.29, 1.82) is 0 Å². The predicted molar refractivity (Wildman–Crippen MR) is 78.3 cm³/mol. The number of para-hydroxylation sites is 1. The summed E-state index contributed by atoms with van der Waals surface area (Å²) in [6.07, 6.45) is 0. The second kappa shape index (κ2) is 6.54. The van der Waals surface area contributed by atoms with E-state index in [1.165, 1.54) is 0 Å². The first-order chi connectivity index (χ1) is 9.63. The zero-order chi connectivity index (χ0) is 14.4. The Bertz CT molecular complexity index is 654. The van der Waals surface area contributed by atoms with Crippen molar-refractivity contribution >= 4 is 9.84 Å². The smallest absolute Gasteiger partial charge is 0.181 e. The highest BCUT2D eigenvalue weighted by Crippen LogP contribution is 2.17. The molecule has 106 valence electrons. The third-order valence-electron chi connectivity index (χ3n) is 2.90. The lowest BCUT2D eigenvalue weighted by Crippen LogP contribution is -2.15. The molecule has 0 aliphatic heterocycles. The van der Waals surface area contributed by atoms with Crippen LogP contribution in [-0.4, -0.2) is 20.8 Å². The predicted octanol–water partition coefficient (Wildman–Crippen LogP) is 2.00. The van der Waals surface area contributed by atoms with Crippen molar-refractivity contribution in [2.24, 2.45) is 5.73 Å². The molecule has 2 aromatic carbocycles. The van der Waals surface area contributed by atoms with Crippen molar-refractivity contribution in [1.82, 2.24) is 0 Å². The lowest BCUT2D eigenvalue weighted by Gasteiger charge is -2.10. The summed E-state index contributed by atoms with van der Waals surface area (Å²) in [6.45, 7) is 0.468. The molecule has 0 aliphatic rings. The largest absolute Gasteiger partial charge is 0.492 e. The van der Waals surface area contributed by atoms with E-state index in [-0.39, 0.29) is 12.4 Å². The van der Waals surface area contributed by atoms with Crippen LogP contribution in [0.4, 0.5) is 0 Å². The van der Waals surface area contributed by atoms with Gasteiger partial charge in [0.05, 0.1) is 10.6 Å². The topological polar surface area (TPSA) is 69.4 Å². The normalized spacial score (nSPS) is 11.2. The van der Waals surface area contributed by atoms with Gasteiger partial charge in [0, 0.05) is 12.1 Å². The third kappa shape index (κ3) is 3.59. The maximum absolute atomic E-state index is 12.1. The van der Waals surface area contributed by atoms with E-state index in [1.54, 1.807) is 36.4 Å². The minimum absolute atomic E-state index is 0.0596. The molecular weight excluding hydrogens is 274 g/mol. The molecule has 2 rings (SSSR count). The number of benzene rings is 2. The van der Waals surface area contributed by atoms with Crippen molar-refractivity contribution < 1.29 is 13.2 Å². The highest BCUT2D eigenvalue weighted by Gasteiger charge is 2.14. The molecule has 2 N–H and O–H groups in total. The van der Waals surface area contributed by atoms with Crippen LogP contribution < -0.4 is 10.5 Å². The molecule has 0 heterocycles. The van der Waals surface area contributed by atoms with Gasteiger partial charge in [-0.3, -0.25) is 0 Å². The quantitative estimate of drug-likeness (QED) is 0.883. The number of rotatable bonds is 6. The highest BCUT2D eigenvalue weighted by atomic mass is 32.2. The van der Waals surface area contributed by atoms with E-state index in [1.807, 2.05) is 18.2 Å². The zero-order valence-electron chi connectivity index (χ0n) is 11.0. The van der Waals surface area contributed by atoms with Crippen LogP contribution in [0.2, 0.25) is 0 Å². The van der Waals surface area contributed by atoms with Crippen molar-refractivity contribution in [3.63, 3.8) is 0 Å². The van der Waals surface area contributed by atoms with E-state index in [2.05, 4.69) is 0 Å². The summed E-state index contributed by atoms with van der Waals surface area (Å²) in [6, 6.07) is 15.7. The lowest BCUT2D eigenvalue weighted by atomic mass is 10.2. The summed E-state index contributed by atoms with van der Waals surface area (Å²) < 4.78 is 29.7. The van der Waals surface area contributed by atoms with Crippen LogP contribution in [0, 0.1) is 0 Å². The number of nitrogens with two attached hydrogens (primary N) is 1. The molecule has 0 saturated heterocycles. The Morgan fingerprint density at radius 2 is 1.60 bits per heavy atom. The zero-order valence-corrected chi connectivity index (χ0v) is 11.8. The number of hydrogen-bond acceptors (Lipinski definition) is 4. The fourth-order valence-electron chi connectivity index (χ4n) is 1.82. The van der Waals surface area contributed by atoms with Crippen molar-refractivity contribution in [3.05, 3.63) is 60.2 Å². The number of ether oxygens (including phenoxy) is 1. The molecule has 0 amide bonds. The maximum atomic E-state index is 12.1. The van der Waals surface area contributed by atoms with Crippen LogP contribution in [0.5, 0.6) is 5.75 Å². The van der Waals surface area contributed by atoms with Gasteiger partial charge >= 0.3 is 0 Å². The summed E-state index contributed by atoms with van der Waals surface area (Å²) in [5.41, 5.74) is 6.47. The summed E-state index contributed by atoms with van der Waals surface area (Å²) in [4.78, 5) is 0.315. The molecule has 0 aliphatic carbocycles. The van der Waals surface area contributed by atoms with Crippen LogP contribution in [0.3, 0.4) is 0 Å². The Kier molecular flexibility index (Phi) is 4.76. The fourth-order valence-corrected chi connectivity index (χ4v) is 2.93. The van der Waals surface area contributed by atoms with E-state index in [0.717, 1.165) is 5.56 Å². The molecule has 0 spiro atoms. The fraction of sp³-hybridized carbons (Fsp3) is 0.200. The SMILES string of the molecule is NCc1ccccc1OCCS(=O)(=O)c1ccccc1. The molecule has 4 nitrogen and oxygen atoms in total. The Labute approximate surface area is 119 Å². The second-order valence-electron chi connectivity index (χ2n) is 4.29. The summed E-state index contributed by atoms with van der Waals surface area (Å²) in [5.74, 6) is 0.578. The van der Waals surface area contributed by atoms with Gasteiger partial charge in [0.25, 0.3) is 0 Å². The van der Waals surface area contributed by atoms with Crippen LogP contribution in [0.15, 0.2) is 59.5 Å². The standard InChI is InChI=1S/C15H17NO3S/c16-12-13-6-4-5-9-15(13)19-10-11-20(17,18)14-7-2-1-3-8-14/h1-9H,10-12,16H2. The Morgan fingerprint density at radius 3 is 2.30 bits per heavy atom. The van der Waals surface area contributed by atoms with Gasteiger partial charge in [-0.2, -0.15) is 0 Å². The molecule has 0 fully saturated rings. The first-order valence-electron chi connectivity index (χ1n) is 6.32. The maximum Gasteiger partial charge on any atom is 0.181 e. The Morgan fingerprint density at radius 1 is 0.950 bits per heavy atom. The molecular formula is C15H17NO3S. The first kappa shape index (κ1) is 14.6. The van der Waals surface area contributed by atoms with Crippen molar-refractivity contribution in [2.45, 2.75) is 11.4 Å². The van der Waals surface area contributed by atoms with E-state index in [9.17, 15) is 8.42 Å². The highest BCUT2D eigenvalue weighted by molar-refractivity contribution is 7.91. The van der Waals surface area contributed by atoms with Gasteiger partial charge in [-0.25, -0.2) is 8.42 Å². The van der Waals surface area contributed by atoms with Gasteiger partial charge in [0.15, 0.2) is 9.84 Å². The summed E-state index contributed by atoms with van der Waals surface area (Å²) in [7, 11) is -3.31. The average molecular weight is 291 g/mol. The molecule has 0 bridgehead atoms. The molecule has 20 heavy (non-hydrogen) atoms. The number of hydrogen-bond donors (Lipinski definition) is 1. The summed E-state index contributed by atoms with van der Waals surface area (Å²) >= 11 is 0. The van der Waals surface area contributed by atoms with E-state index in [4.69, 9.17) is 10.5 Å². The van der Waals surface area contributed by atoms with Crippen LogP contribution in [-0.2, 0) is 16.4 Å².